The van der Waals surface area contributed by atoms with Gasteiger partial charge >= 0.3 is 0 Å². The fourth-order valence-corrected chi connectivity index (χ4v) is 4.38. The van der Waals surface area contributed by atoms with Crippen molar-refractivity contribution in [1.29, 1.82) is 0 Å². The number of likely N-dealkylation sites (tertiary alicyclic amines) is 1. The molecule has 1 amide bonds. The third-order valence-electron chi connectivity index (χ3n) is 3.71. The van der Waals surface area contributed by atoms with E-state index in [0.29, 0.717) is 21.7 Å². The number of carbonyl (C=O) groups excluding carboxylic acids is 1. The van der Waals surface area contributed by atoms with Gasteiger partial charge in [-0.25, -0.2) is 0 Å². The number of halogens is 2. The summed E-state index contributed by atoms with van der Waals surface area (Å²) in [6.07, 6.45) is 3.41. The van der Waals surface area contributed by atoms with Gasteiger partial charge in [-0.05, 0) is 90.2 Å². The number of benzene rings is 1. The molecule has 1 heterocycles. The molecule has 110 valence electrons. The molecule has 0 aromatic heterocycles. The van der Waals surface area contributed by atoms with Gasteiger partial charge in [0.2, 0.25) is 0 Å². The summed E-state index contributed by atoms with van der Waals surface area (Å²) in [5.74, 6) is -0.124. The fourth-order valence-electron chi connectivity index (χ4n) is 2.53. The Balaban J connectivity index is 1.92. The van der Waals surface area contributed by atoms with Crippen LogP contribution in [0.5, 0.6) is 5.75 Å². The van der Waals surface area contributed by atoms with E-state index in [4.69, 9.17) is 0 Å². The predicted molar refractivity (Wildman–Crippen MR) is 96.1 cm³/mol. The maximum Gasteiger partial charge on any atom is 0.255 e. The van der Waals surface area contributed by atoms with Gasteiger partial charge in [-0.3, -0.25) is 4.79 Å². The lowest BCUT2D eigenvalue weighted by molar-refractivity contribution is 0.0947. The number of nitrogens with zero attached hydrogens (tertiary/aromatic N) is 1. The highest BCUT2D eigenvalue weighted by atomic mass is 127. The second-order valence-electron chi connectivity index (χ2n) is 5.11. The number of phenolic OH excluding ortho intramolecular Hbond substituents is 1. The molecule has 1 aromatic carbocycles. The summed E-state index contributed by atoms with van der Waals surface area (Å²) in [6.45, 7) is 1.80. The van der Waals surface area contributed by atoms with Crippen molar-refractivity contribution >= 4 is 51.1 Å². The van der Waals surface area contributed by atoms with Crippen LogP contribution in [0.2, 0.25) is 0 Å². The SMILES string of the molecule is CN1CCCC1CCNC(=O)c1cc(I)cc(I)c1O. The Kier molecular flexibility index (Phi) is 5.91. The molecule has 1 saturated heterocycles. The molecule has 4 nitrogen and oxygen atoms in total. The lowest BCUT2D eigenvalue weighted by Crippen LogP contribution is -2.31. The first kappa shape index (κ1) is 16.3. The molecule has 0 spiro atoms. The molecule has 1 fully saturated rings. The molecule has 0 aliphatic carbocycles. The minimum Gasteiger partial charge on any atom is -0.506 e. The van der Waals surface area contributed by atoms with E-state index in [9.17, 15) is 9.90 Å². The van der Waals surface area contributed by atoms with Crippen molar-refractivity contribution < 1.29 is 9.90 Å². The van der Waals surface area contributed by atoms with Gasteiger partial charge in [0.25, 0.3) is 5.91 Å². The van der Waals surface area contributed by atoms with Crippen molar-refractivity contribution in [2.75, 3.05) is 20.1 Å². The van der Waals surface area contributed by atoms with E-state index in [1.54, 1.807) is 6.07 Å². The number of nitrogens with one attached hydrogen (secondary N) is 1. The zero-order valence-electron chi connectivity index (χ0n) is 11.3. The van der Waals surface area contributed by atoms with Crippen LogP contribution < -0.4 is 5.32 Å². The molecular formula is C14H18I2N2O2. The van der Waals surface area contributed by atoms with Crippen LogP contribution in [0, 0.1) is 7.14 Å². The summed E-state index contributed by atoms with van der Waals surface area (Å²) in [4.78, 5) is 14.5. The normalized spacial score (nSPS) is 19.2. The van der Waals surface area contributed by atoms with Crippen molar-refractivity contribution in [2.24, 2.45) is 0 Å². The summed E-state index contributed by atoms with van der Waals surface area (Å²) in [6, 6.07) is 4.13. The molecule has 6 heteroatoms. The van der Waals surface area contributed by atoms with Gasteiger partial charge in [0, 0.05) is 16.2 Å². The highest BCUT2D eigenvalue weighted by Crippen LogP contribution is 2.27. The number of hydrogen-bond acceptors (Lipinski definition) is 3. The lowest BCUT2D eigenvalue weighted by Gasteiger charge is -2.19. The zero-order valence-corrected chi connectivity index (χ0v) is 15.6. The van der Waals surface area contributed by atoms with Gasteiger partial charge in [0.05, 0.1) is 9.13 Å². The molecule has 1 atom stereocenters. The fraction of sp³-hybridized carbons (Fsp3) is 0.500. The molecule has 1 aliphatic rings. The molecule has 1 unspecified atom stereocenters. The van der Waals surface area contributed by atoms with Crippen LogP contribution in [0.15, 0.2) is 12.1 Å². The van der Waals surface area contributed by atoms with Crippen LogP contribution in [-0.4, -0.2) is 42.1 Å². The van der Waals surface area contributed by atoms with E-state index < -0.39 is 0 Å². The van der Waals surface area contributed by atoms with Gasteiger partial charge in [0.1, 0.15) is 5.75 Å². The van der Waals surface area contributed by atoms with Gasteiger partial charge in [-0.15, -0.1) is 0 Å². The van der Waals surface area contributed by atoms with Crippen molar-refractivity contribution in [3.8, 4) is 5.75 Å². The molecule has 1 aromatic rings. The van der Waals surface area contributed by atoms with E-state index in [2.05, 4.69) is 39.9 Å². The Hall–Kier alpha value is -0.0900. The summed E-state index contributed by atoms with van der Waals surface area (Å²) in [5.41, 5.74) is 0.362. The number of rotatable bonds is 4. The first-order chi connectivity index (χ1) is 9.49. The van der Waals surface area contributed by atoms with Crippen molar-refractivity contribution in [1.82, 2.24) is 10.2 Å². The monoisotopic (exact) mass is 500 g/mol. The van der Waals surface area contributed by atoms with Crippen LogP contribution in [0.1, 0.15) is 29.6 Å². The van der Waals surface area contributed by atoms with Crippen molar-refractivity contribution in [3.05, 3.63) is 24.8 Å². The highest BCUT2D eigenvalue weighted by Gasteiger charge is 2.21. The second-order valence-corrected chi connectivity index (χ2v) is 7.51. The third kappa shape index (κ3) is 3.97. The van der Waals surface area contributed by atoms with Crippen LogP contribution in [-0.2, 0) is 0 Å². The summed E-state index contributed by atoms with van der Waals surface area (Å²) in [7, 11) is 2.13. The Bertz CT molecular complexity index is 508. The van der Waals surface area contributed by atoms with E-state index >= 15 is 0 Å². The molecule has 2 rings (SSSR count). The molecule has 0 bridgehead atoms. The van der Waals surface area contributed by atoms with Crippen LogP contribution in [0.4, 0.5) is 0 Å². The Labute approximate surface area is 146 Å². The van der Waals surface area contributed by atoms with E-state index in [-0.39, 0.29) is 11.7 Å². The zero-order chi connectivity index (χ0) is 14.7. The second kappa shape index (κ2) is 7.26. The topological polar surface area (TPSA) is 52.6 Å². The molecule has 20 heavy (non-hydrogen) atoms. The minimum absolute atomic E-state index is 0.0708. The Morgan fingerprint density at radius 1 is 1.50 bits per heavy atom. The number of aromatic hydroxyl groups is 1. The first-order valence-corrected chi connectivity index (χ1v) is 8.81. The molecule has 0 radical (unpaired) electrons. The largest absolute Gasteiger partial charge is 0.506 e. The standard InChI is InChI=1S/C14H18I2N2O2/c1-18-6-2-3-10(18)4-5-17-14(20)11-7-9(15)8-12(16)13(11)19/h7-8,10,19H,2-6H2,1H3,(H,17,20). The first-order valence-electron chi connectivity index (χ1n) is 6.65. The van der Waals surface area contributed by atoms with Gasteiger partial charge in [-0.1, -0.05) is 0 Å². The Morgan fingerprint density at radius 2 is 2.25 bits per heavy atom. The number of amides is 1. The maximum absolute atomic E-state index is 12.1. The summed E-state index contributed by atoms with van der Waals surface area (Å²) < 4.78 is 1.65. The number of carbonyl (C=O) groups is 1. The van der Waals surface area contributed by atoms with Crippen molar-refractivity contribution in [2.45, 2.75) is 25.3 Å². The molecular weight excluding hydrogens is 482 g/mol. The van der Waals surface area contributed by atoms with Crippen molar-refractivity contribution in [3.63, 3.8) is 0 Å². The minimum atomic E-state index is -0.195. The Morgan fingerprint density at radius 3 is 2.90 bits per heavy atom. The van der Waals surface area contributed by atoms with E-state index in [0.717, 1.165) is 16.5 Å². The quantitative estimate of drug-likeness (QED) is 0.626. The number of hydrogen-bond donors (Lipinski definition) is 2. The summed E-state index contributed by atoms with van der Waals surface area (Å²) in [5, 5.41) is 12.9. The van der Waals surface area contributed by atoms with Crippen LogP contribution in [0.25, 0.3) is 0 Å². The van der Waals surface area contributed by atoms with E-state index in [1.165, 1.54) is 12.8 Å². The number of phenols is 1. The molecule has 2 N–H and O–H groups in total. The maximum atomic E-state index is 12.1. The highest BCUT2D eigenvalue weighted by molar-refractivity contribution is 14.1. The third-order valence-corrected chi connectivity index (χ3v) is 5.15. The van der Waals surface area contributed by atoms with E-state index in [1.807, 2.05) is 28.7 Å². The smallest absolute Gasteiger partial charge is 0.255 e. The van der Waals surface area contributed by atoms with Gasteiger partial charge < -0.3 is 15.3 Å². The van der Waals surface area contributed by atoms with Gasteiger partial charge in [-0.2, -0.15) is 0 Å². The average Bonchev–Trinajstić information content (AvgIpc) is 2.79. The van der Waals surface area contributed by atoms with Crippen LogP contribution >= 0.6 is 45.2 Å². The summed E-state index contributed by atoms with van der Waals surface area (Å²) >= 11 is 4.19. The van der Waals surface area contributed by atoms with Gasteiger partial charge in [0.15, 0.2) is 0 Å². The molecule has 1 aliphatic heterocycles. The average molecular weight is 500 g/mol. The predicted octanol–water partition coefficient (Wildman–Crippen LogP) is 2.82. The van der Waals surface area contributed by atoms with Crippen LogP contribution in [0.3, 0.4) is 0 Å². The molecule has 0 saturated carbocycles. The lowest BCUT2D eigenvalue weighted by atomic mass is 10.1.